The van der Waals surface area contributed by atoms with Gasteiger partial charge in [-0.2, -0.15) is 0 Å². The van der Waals surface area contributed by atoms with Crippen LogP contribution in [0.2, 0.25) is 0 Å². The standard InChI is InChI=1S/C15H21BrN4O/c16-12-2-4-14(18-10-12)19-5-7-20(8-6-19)15(21)11-1-3-13(17)9-11/h2,4,10-11,13H,1,3,5-9,17H2/t11-,13-/m0/s1. The number of anilines is 1. The van der Waals surface area contributed by atoms with E-state index in [1.165, 1.54) is 0 Å². The number of carbonyl (C=O) groups excluding carboxylic acids is 1. The summed E-state index contributed by atoms with van der Waals surface area (Å²) >= 11 is 3.40. The molecule has 6 heteroatoms. The molecule has 1 saturated heterocycles. The fourth-order valence-electron chi connectivity index (χ4n) is 3.21. The van der Waals surface area contributed by atoms with Crippen molar-refractivity contribution in [2.45, 2.75) is 25.3 Å². The monoisotopic (exact) mass is 352 g/mol. The van der Waals surface area contributed by atoms with Crippen molar-refractivity contribution in [2.24, 2.45) is 11.7 Å². The number of aromatic nitrogens is 1. The van der Waals surface area contributed by atoms with Crippen LogP contribution in [0.25, 0.3) is 0 Å². The van der Waals surface area contributed by atoms with Crippen molar-refractivity contribution in [3.63, 3.8) is 0 Å². The maximum Gasteiger partial charge on any atom is 0.225 e. The quantitative estimate of drug-likeness (QED) is 0.878. The zero-order valence-corrected chi connectivity index (χ0v) is 13.6. The Morgan fingerprint density at radius 3 is 2.57 bits per heavy atom. The van der Waals surface area contributed by atoms with Crippen molar-refractivity contribution in [3.05, 3.63) is 22.8 Å². The first kappa shape index (κ1) is 14.8. The molecule has 0 aromatic carbocycles. The number of rotatable bonds is 2. The average Bonchev–Trinajstić information content (AvgIpc) is 2.94. The Balaban J connectivity index is 1.55. The van der Waals surface area contributed by atoms with Crippen LogP contribution in [-0.4, -0.2) is 48.0 Å². The zero-order chi connectivity index (χ0) is 14.8. The summed E-state index contributed by atoms with van der Waals surface area (Å²) in [5, 5.41) is 0. The second kappa shape index (κ2) is 6.32. The highest BCUT2D eigenvalue weighted by Gasteiger charge is 2.32. The van der Waals surface area contributed by atoms with E-state index in [4.69, 9.17) is 5.73 Å². The fraction of sp³-hybridized carbons (Fsp3) is 0.600. The van der Waals surface area contributed by atoms with Crippen LogP contribution in [0.15, 0.2) is 22.8 Å². The molecular weight excluding hydrogens is 332 g/mol. The van der Waals surface area contributed by atoms with Crippen LogP contribution in [-0.2, 0) is 4.79 Å². The van der Waals surface area contributed by atoms with Crippen LogP contribution in [0, 0.1) is 5.92 Å². The minimum Gasteiger partial charge on any atom is -0.353 e. The van der Waals surface area contributed by atoms with Crippen LogP contribution in [0.3, 0.4) is 0 Å². The zero-order valence-electron chi connectivity index (χ0n) is 12.0. The van der Waals surface area contributed by atoms with E-state index in [-0.39, 0.29) is 12.0 Å². The third-order valence-electron chi connectivity index (χ3n) is 4.45. The van der Waals surface area contributed by atoms with Gasteiger partial charge in [0.05, 0.1) is 0 Å². The molecule has 1 aromatic rings. The van der Waals surface area contributed by atoms with Crippen LogP contribution in [0.4, 0.5) is 5.82 Å². The second-order valence-corrected chi connectivity index (χ2v) is 6.83. The van der Waals surface area contributed by atoms with Gasteiger partial charge in [-0.3, -0.25) is 4.79 Å². The van der Waals surface area contributed by atoms with E-state index in [0.717, 1.165) is 55.7 Å². The predicted octanol–water partition coefficient (Wildman–Crippen LogP) is 1.62. The van der Waals surface area contributed by atoms with Gasteiger partial charge in [-0.25, -0.2) is 4.98 Å². The summed E-state index contributed by atoms with van der Waals surface area (Å²) in [4.78, 5) is 21.1. The first-order chi connectivity index (χ1) is 10.1. The van der Waals surface area contributed by atoms with E-state index in [0.29, 0.717) is 5.91 Å². The Bertz CT molecular complexity index is 499. The molecule has 1 aliphatic heterocycles. The first-order valence-electron chi connectivity index (χ1n) is 7.54. The van der Waals surface area contributed by atoms with Gasteiger partial charge in [0.1, 0.15) is 5.82 Å². The van der Waals surface area contributed by atoms with E-state index in [1.54, 1.807) is 0 Å². The van der Waals surface area contributed by atoms with Crippen molar-refractivity contribution >= 4 is 27.7 Å². The van der Waals surface area contributed by atoms with Crippen molar-refractivity contribution in [2.75, 3.05) is 31.1 Å². The predicted molar refractivity (Wildman–Crippen MR) is 86.0 cm³/mol. The van der Waals surface area contributed by atoms with Crippen molar-refractivity contribution < 1.29 is 4.79 Å². The maximum absolute atomic E-state index is 12.5. The third-order valence-corrected chi connectivity index (χ3v) is 4.92. The van der Waals surface area contributed by atoms with Gasteiger partial charge < -0.3 is 15.5 Å². The Hall–Kier alpha value is -1.14. The Kier molecular flexibility index (Phi) is 4.45. The Labute approximate surface area is 133 Å². The van der Waals surface area contributed by atoms with E-state index in [2.05, 4.69) is 25.8 Å². The number of carbonyl (C=O) groups is 1. The van der Waals surface area contributed by atoms with Crippen molar-refractivity contribution in [3.8, 4) is 0 Å². The van der Waals surface area contributed by atoms with Gasteiger partial charge in [-0.1, -0.05) is 0 Å². The van der Waals surface area contributed by atoms with Gasteiger partial charge in [0.15, 0.2) is 0 Å². The van der Waals surface area contributed by atoms with Gasteiger partial charge >= 0.3 is 0 Å². The lowest BCUT2D eigenvalue weighted by atomic mass is 10.1. The van der Waals surface area contributed by atoms with Crippen LogP contribution < -0.4 is 10.6 Å². The Morgan fingerprint density at radius 1 is 1.24 bits per heavy atom. The molecule has 0 unspecified atom stereocenters. The highest BCUT2D eigenvalue weighted by Crippen LogP contribution is 2.26. The molecule has 21 heavy (non-hydrogen) atoms. The number of nitrogens with two attached hydrogens (primary N) is 1. The number of hydrogen-bond acceptors (Lipinski definition) is 4. The molecule has 1 saturated carbocycles. The highest BCUT2D eigenvalue weighted by atomic mass is 79.9. The van der Waals surface area contributed by atoms with Gasteiger partial charge in [0.2, 0.25) is 5.91 Å². The van der Waals surface area contributed by atoms with E-state index in [9.17, 15) is 4.79 Å². The molecule has 114 valence electrons. The molecule has 3 rings (SSSR count). The summed E-state index contributed by atoms with van der Waals surface area (Å²) in [5.74, 6) is 1.43. The second-order valence-electron chi connectivity index (χ2n) is 5.92. The van der Waals surface area contributed by atoms with Gasteiger partial charge in [0, 0.05) is 48.8 Å². The lowest BCUT2D eigenvalue weighted by Gasteiger charge is -2.36. The molecule has 2 aliphatic rings. The number of amides is 1. The lowest BCUT2D eigenvalue weighted by molar-refractivity contribution is -0.135. The maximum atomic E-state index is 12.5. The lowest BCUT2D eigenvalue weighted by Crippen LogP contribution is -2.50. The molecular formula is C15H21BrN4O. The number of piperazine rings is 1. The van der Waals surface area contributed by atoms with Crippen molar-refractivity contribution in [1.29, 1.82) is 0 Å². The largest absolute Gasteiger partial charge is 0.353 e. The molecule has 1 aromatic heterocycles. The first-order valence-corrected chi connectivity index (χ1v) is 8.33. The molecule has 0 spiro atoms. The molecule has 1 aliphatic carbocycles. The van der Waals surface area contributed by atoms with Crippen LogP contribution in [0.1, 0.15) is 19.3 Å². The molecule has 2 atom stereocenters. The minimum absolute atomic E-state index is 0.150. The molecule has 0 radical (unpaired) electrons. The molecule has 0 bridgehead atoms. The summed E-state index contributed by atoms with van der Waals surface area (Å²) in [7, 11) is 0. The molecule has 2 heterocycles. The average molecular weight is 353 g/mol. The molecule has 2 N–H and O–H groups in total. The topological polar surface area (TPSA) is 62.5 Å². The molecule has 5 nitrogen and oxygen atoms in total. The smallest absolute Gasteiger partial charge is 0.225 e. The fourth-order valence-corrected chi connectivity index (χ4v) is 3.44. The summed E-state index contributed by atoms with van der Waals surface area (Å²) < 4.78 is 0.984. The van der Waals surface area contributed by atoms with E-state index >= 15 is 0 Å². The van der Waals surface area contributed by atoms with Crippen LogP contribution in [0.5, 0.6) is 0 Å². The number of nitrogens with zero attached hydrogens (tertiary/aromatic N) is 3. The molecule has 2 fully saturated rings. The highest BCUT2D eigenvalue weighted by molar-refractivity contribution is 9.10. The third kappa shape index (κ3) is 3.37. The van der Waals surface area contributed by atoms with Gasteiger partial charge in [-0.15, -0.1) is 0 Å². The summed E-state index contributed by atoms with van der Waals surface area (Å²) in [5.41, 5.74) is 5.91. The van der Waals surface area contributed by atoms with Gasteiger partial charge in [-0.05, 0) is 47.3 Å². The summed E-state index contributed by atoms with van der Waals surface area (Å²) in [6, 6.07) is 4.23. The Morgan fingerprint density at radius 2 is 2.00 bits per heavy atom. The van der Waals surface area contributed by atoms with Gasteiger partial charge in [0.25, 0.3) is 0 Å². The summed E-state index contributed by atoms with van der Waals surface area (Å²) in [6.45, 7) is 3.25. The molecule has 1 amide bonds. The van der Waals surface area contributed by atoms with Crippen molar-refractivity contribution in [1.82, 2.24) is 9.88 Å². The SMILES string of the molecule is N[C@H]1CC[C@H](C(=O)N2CCN(c3ccc(Br)cn3)CC2)C1. The van der Waals surface area contributed by atoms with E-state index in [1.807, 2.05) is 23.2 Å². The van der Waals surface area contributed by atoms with E-state index < -0.39 is 0 Å². The summed E-state index contributed by atoms with van der Waals surface area (Å²) in [6.07, 6.45) is 4.60. The number of pyridine rings is 1. The normalized spacial score (nSPS) is 26.2. The number of halogens is 1. The number of hydrogen-bond donors (Lipinski definition) is 1. The van der Waals surface area contributed by atoms with Crippen LogP contribution >= 0.6 is 15.9 Å². The minimum atomic E-state index is 0.150.